The van der Waals surface area contributed by atoms with E-state index in [0.29, 0.717) is 17.1 Å². The molecule has 1 fully saturated rings. The number of hydrogen-bond donors (Lipinski definition) is 2. The Morgan fingerprint density at radius 1 is 1.43 bits per heavy atom. The van der Waals surface area contributed by atoms with Crippen LogP contribution in [-0.2, 0) is 9.59 Å². The fraction of sp³-hybridized carbons (Fsp3) is 0.154. The summed E-state index contributed by atoms with van der Waals surface area (Å²) in [6.45, 7) is -0.462. The van der Waals surface area contributed by atoms with E-state index >= 15 is 0 Å². The lowest BCUT2D eigenvalue weighted by atomic mass is 10.1. The molecule has 1 aliphatic rings. The van der Waals surface area contributed by atoms with Crippen LogP contribution in [0.4, 0.5) is 4.79 Å². The van der Waals surface area contributed by atoms with Gasteiger partial charge in [0.05, 0.1) is 12.0 Å². The Morgan fingerprint density at radius 3 is 2.76 bits per heavy atom. The largest absolute Gasteiger partial charge is 0.496 e. The van der Waals surface area contributed by atoms with E-state index in [4.69, 9.17) is 14.6 Å². The molecular formula is C13H11NO6S. The highest BCUT2D eigenvalue weighted by Crippen LogP contribution is 2.31. The summed E-state index contributed by atoms with van der Waals surface area (Å²) in [6, 6.07) is 4.67. The first-order valence-electron chi connectivity index (χ1n) is 5.77. The van der Waals surface area contributed by atoms with Crippen molar-refractivity contribution in [3.8, 4) is 11.5 Å². The van der Waals surface area contributed by atoms with Crippen molar-refractivity contribution in [1.29, 1.82) is 0 Å². The summed E-state index contributed by atoms with van der Waals surface area (Å²) in [4.78, 5) is 33.3. The van der Waals surface area contributed by atoms with Crippen LogP contribution in [-0.4, -0.2) is 35.9 Å². The van der Waals surface area contributed by atoms with Gasteiger partial charge in [-0.05, 0) is 30.0 Å². The van der Waals surface area contributed by atoms with Gasteiger partial charge in [-0.25, -0.2) is 4.79 Å². The Labute approximate surface area is 123 Å². The minimum atomic E-state index is -1.09. The molecule has 1 aliphatic heterocycles. The van der Waals surface area contributed by atoms with E-state index in [-0.39, 0.29) is 4.91 Å². The van der Waals surface area contributed by atoms with Gasteiger partial charge < -0.3 is 14.6 Å². The second-order valence-electron chi connectivity index (χ2n) is 3.94. The maximum atomic E-state index is 11.5. The minimum Gasteiger partial charge on any atom is -0.496 e. The molecule has 1 aromatic carbocycles. The van der Waals surface area contributed by atoms with Gasteiger partial charge in [-0.2, -0.15) is 0 Å². The number of amides is 2. The fourth-order valence-electron chi connectivity index (χ4n) is 1.61. The predicted octanol–water partition coefficient (Wildman–Crippen LogP) is 1.48. The number of imide groups is 1. The van der Waals surface area contributed by atoms with Crippen molar-refractivity contribution >= 4 is 35.0 Å². The molecule has 21 heavy (non-hydrogen) atoms. The average molecular weight is 309 g/mol. The van der Waals surface area contributed by atoms with Crippen molar-refractivity contribution < 1.29 is 29.0 Å². The van der Waals surface area contributed by atoms with Crippen LogP contribution < -0.4 is 14.8 Å². The first-order valence-corrected chi connectivity index (χ1v) is 6.58. The highest BCUT2D eigenvalue weighted by atomic mass is 32.2. The summed E-state index contributed by atoms with van der Waals surface area (Å²) >= 11 is 0.803. The lowest BCUT2D eigenvalue weighted by Gasteiger charge is -2.09. The molecule has 1 aromatic rings. The summed E-state index contributed by atoms with van der Waals surface area (Å²) in [5.41, 5.74) is 0.576. The monoisotopic (exact) mass is 309 g/mol. The molecule has 0 aromatic heterocycles. The maximum absolute atomic E-state index is 11.5. The van der Waals surface area contributed by atoms with Crippen LogP contribution in [0.15, 0.2) is 23.1 Å². The second kappa shape index (κ2) is 6.31. The molecule has 2 N–H and O–H groups in total. The van der Waals surface area contributed by atoms with Crippen LogP contribution in [0.2, 0.25) is 0 Å². The van der Waals surface area contributed by atoms with E-state index in [1.807, 2.05) is 0 Å². The molecular weight excluding hydrogens is 298 g/mol. The van der Waals surface area contributed by atoms with Gasteiger partial charge in [-0.15, -0.1) is 0 Å². The summed E-state index contributed by atoms with van der Waals surface area (Å²) in [5, 5.41) is 10.3. The first-order chi connectivity index (χ1) is 9.99. The summed E-state index contributed by atoms with van der Waals surface area (Å²) in [6.07, 6.45) is 1.52. The number of carboxylic acids is 1. The molecule has 0 radical (unpaired) electrons. The number of thioether (sulfide) groups is 1. The smallest absolute Gasteiger partial charge is 0.341 e. The molecule has 0 spiro atoms. The quantitative estimate of drug-likeness (QED) is 0.794. The van der Waals surface area contributed by atoms with Crippen LogP contribution in [0.1, 0.15) is 5.56 Å². The van der Waals surface area contributed by atoms with E-state index in [2.05, 4.69) is 5.32 Å². The minimum absolute atomic E-state index is 0.262. The number of carboxylic acid groups (broad SMARTS) is 1. The van der Waals surface area contributed by atoms with Crippen molar-refractivity contribution in [3.05, 3.63) is 28.7 Å². The topological polar surface area (TPSA) is 102 Å². The normalized spacial score (nSPS) is 16.0. The molecule has 0 bridgehead atoms. The number of rotatable bonds is 5. The molecule has 0 aliphatic carbocycles. The van der Waals surface area contributed by atoms with Crippen molar-refractivity contribution in [1.82, 2.24) is 5.32 Å². The lowest BCUT2D eigenvalue weighted by Crippen LogP contribution is -2.17. The van der Waals surface area contributed by atoms with Gasteiger partial charge in [0, 0.05) is 11.6 Å². The molecule has 0 saturated carbocycles. The first kappa shape index (κ1) is 14.9. The number of carbonyl (C=O) groups is 3. The van der Waals surface area contributed by atoms with Gasteiger partial charge in [-0.3, -0.25) is 14.9 Å². The zero-order chi connectivity index (χ0) is 15.4. The van der Waals surface area contributed by atoms with E-state index in [9.17, 15) is 14.4 Å². The summed E-state index contributed by atoms with van der Waals surface area (Å²) in [7, 11) is 1.44. The van der Waals surface area contributed by atoms with Crippen LogP contribution in [0.5, 0.6) is 11.5 Å². The van der Waals surface area contributed by atoms with Gasteiger partial charge in [0.1, 0.15) is 11.5 Å². The number of hydrogen-bond acceptors (Lipinski definition) is 6. The van der Waals surface area contributed by atoms with E-state index in [0.717, 1.165) is 11.8 Å². The third-order valence-corrected chi connectivity index (χ3v) is 3.31. The molecule has 0 atom stereocenters. The number of methoxy groups -OCH3 is 1. The highest BCUT2D eigenvalue weighted by Gasteiger charge is 2.25. The highest BCUT2D eigenvalue weighted by molar-refractivity contribution is 8.18. The molecule has 8 heteroatoms. The van der Waals surface area contributed by atoms with Crippen molar-refractivity contribution in [2.45, 2.75) is 0 Å². The average Bonchev–Trinajstić information content (AvgIpc) is 2.75. The summed E-state index contributed by atoms with van der Waals surface area (Å²) < 4.78 is 10.2. The van der Waals surface area contributed by atoms with Gasteiger partial charge in [0.25, 0.3) is 11.1 Å². The molecule has 2 rings (SSSR count). The van der Waals surface area contributed by atoms with Crippen molar-refractivity contribution in [2.75, 3.05) is 13.7 Å². The molecule has 2 amide bonds. The molecule has 7 nitrogen and oxygen atoms in total. The third-order valence-electron chi connectivity index (χ3n) is 2.50. The lowest BCUT2D eigenvalue weighted by molar-refractivity contribution is -0.139. The van der Waals surface area contributed by atoms with Crippen LogP contribution in [0, 0.1) is 0 Å². The van der Waals surface area contributed by atoms with Crippen LogP contribution >= 0.6 is 11.8 Å². The van der Waals surface area contributed by atoms with Gasteiger partial charge >= 0.3 is 5.97 Å². The van der Waals surface area contributed by atoms with E-state index < -0.39 is 23.7 Å². The van der Waals surface area contributed by atoms with Gasteiger partial charge in [0.15, 0.2) is 6.61 Å². The number of benzene rings is 1. The van der Waals surface area contributed by atoms with Crippen LogP contribution in [0.25, 0.3) is 6.08 Å². The van der Waals surface area contributed by atoms with Crippen molar-refractivity contribution in [2.24, 2.45) is 0 Å². The Bertz CT molecular complexity index is 640. The Hall–Kier alpha value is -2.48. The number of carbonyl (C=O) groups excluding carboxylic acids is 2. The Kier molecular flexibility index (Phi) is 4.49. The summed E-state index contributed by atoms with van der Waals surface area (Å²) in [5.74, 6) is -0.815. The zero-order valence-electron chi connectivity index (χ0n) is 10.9. The molecule has 1 saturated heterocycles. The Morgan fingerprint density at radius 2 is 2.19 bits per heavy atom. The van der Waals surface area contributed by atoms with Crippen LogP contribution in [0.3, 0.4) is 0 Å². The number of ether oxygens (including phenoxy) is 2. The standard InChI is InChI=1S/C13H11NO6S/c1-19-9-5-8(20-6-11(15)16)3-2-7(9)4-10-12(17)14-13(18)21-10/h2-5H,6H2,1H3,(H,15,16)(H,14,17,18)/b10-4+. The predicted molar refractivity (Wildman–Crippen MR) is 75.2 cm³/mol. The Balaban J connectivity index is 2.24. The molecule has 1 heterocycles. The third kappa shape index (κ3) is 3.76. The van der Waals surface area contributed by atoms with E-state index in [1.165, 1.54) is 19.3 Å². The zero-order valence-corrected chi connectivity index (χ0v) is 11.7. The van der Waals surface area contributed by atoms with Crippen molar-refractivity contribution in [3.63, 3.8) is 0 Å². The number of nitrogens with one attached hydrogen (secondary N) is 1. The van der Waals surface area contributed by atoms with Gasteiger partial charge in [0.2, 0.25) is 0 Å². The van der Waals surface area contributed by atoms with Gasteiger partial charge in [-0.1, -0.05) is 0 Å². The molecule has 0 unspecified atom stereocenters. The number of aliphatic carboxylic acids is 1. The fourth-order valence-corrected chi connectivity index (χ4v) is 2.28. The second-order valence-corrected chi connectivity index (χ2v) is 4.95. The maximum Gasteiger partial charge on any atom is 0.341 e. The SMILES string of the molecule is COc1cc(OCC(=O)O)ccc1/C=C1/SC(=O)NC1=O. The van der Waals surface area contributed by atoms with E-state index in [1.54, 1.807) is 12.1 Å². The molecule has 110 valence electrons.